The van der Waals surface area contributed by atoms with Crippen LogP contribution < -0.4 is 10.2 Å². The first-order valence-electron chi connectivity index (χ1n) is 8.32. The maximum absolute atomic E-state index is 4.85. The van der Waals surface area contributed by atoms with E-state index < -0.39 is 0 Å². The lowest BCUT2D eigenvalue weighted by molar-refractivity contribution is 0.426. The number of benzene rings is 1. The van der Waals surface area contributed by atoms with Gasteiger partial charge in [0.2, 0.25) is 0 Å². The molecule has 122 valence electrons. The second-order valence-electron chi connectivity index (χ2n) is 7.22. The van der Waals surface area contributed by atoms with E-state index in [0.717, 1.165) is 30.4 Å². The van der Waals surface area contributed by atoms with Crippen LogP contribution in [-0.4, -0.2) is 22.6 Å². The number of rotatable bonds is 3. The number of nitrogens with one attached hydrogen (secondary N) is 1. The Labute approximate surface area is 139 Å². The summed E-state index contributed by atoms with van der Waals surface area (Å²) in [7, 11) is 1.91. The third kappa shape index (κ3) is 3.03. The van der Waals surface area contributed by atoms with E-state index in [2.05, 4.69) is 73.2 Å². The van der Waals surface area contributed by atoms with Gasteiger partial charge in [-0.05, 0) is 31.4 Å². The van der Waals surface area contributed by atoms with Crippen LogP contribution in [0.3, 0.4) is 0 Å². The van der Waals surface area contributed by atoms with Gasteiger partial charge < -0.3 is 10.2 Å². The van der Waals surface area contributed by atoms with Crippen molar-refractivity contribution in [3.8, 4) is 0 Å². The van der Waals surface area contributed by atoms with Crippen LogP contribution in [0.4, 0.5) is 11.6 Å². The fraction of sp³-hybridized carbons (Fsp3) is 0.474. The van der Waals surface area contributed by atoms with Crippen LogP contribution in [-0.2, 0) is 13.0 Å². The van der Waals surface area contributed by atoms with E-state index in [9.17, 15) is 0 Å². The Bertz CT molecular complexity index is 706. The molecule has 0 unspecified atom stereocenters. The van der Waals surface area contributed by atoms with Gasteiger partial charge in [-0.1, -0.05) is 38.1 Å². The quantitative estimate of drug-likeness (QED) is 0.931. The molecule has 1 aliphatic heterocycles. The molecule has 4 heteroatoms. The van der Waals surface area contributed by atoms with Crippen molar-refractivity contribution < 1.29 is 0 Å². The van der Waals surface area contributed by atoms with Crippen LogP contribution in [0.25, 0.3) is 0 Å². The van der Waals surface area contributed by atoms with Crippen molar-refractivity contribution in [3.05, 3.63) is 47.3 Å². The second kappa shape index (κ2) is 5.84. The van der Waals surface area contributed by atoms with Crippen LogP contribution in [0.5, 0.6) is 0 Å². The molecule has 0 amide bonds. The van der Waals surface area contributed by atoms with Crippen molar-refractivity contribution in [1.82, 2.24) is 9.97 Å². The first-order valence-corrected chi connectivity index (χ1v) is 8.32. The maximum atomic E-state index is 4.85. The summed E-state index contributed by atoms with van der Waals surface area (Å²) in [5, 5.41) is 3.17. The Morgan fingerprint density at radius 2 is 1.83 bits per heavy atom. The number of aromatic nitrogens is 2. The summed E-state index contributed by atoms with van der Waals surface area (Å²) in [5.41, 5.74) is 2.87. The van der Waals surface area contributed by atoms with Gasteiger partial charge in [0.05, 0.1) is 0 Å². The summed E-state index contributed by atoms with van der Waals surface area (Å²) in [5.74, 6) is 3.09. The third-order valence-electron chi connectivity index (χ3n) is 4.58. The highest BCUT2D eigenvalue weighted by atomic mass is 15.3. The van der Waals surface area contributed by atoms with Gasteiger partial charge >= 0.3 is 0 Å². The van der Waals surface area contributed by atoms with E-state index in [0.29, 0.717) is 5.92 Å². The summed E-state index contributed by atoms with van der Waals surface area (Å²) < 4.78 is 0. The normalized spacial score (nSPS) is 16.3. The summed E-state index contributed by atoms with van der Waals surface area (Å²) in [6.45, 7) is 9.74. The highest BCUT2D eigenvalue weighted by Gasteiger charge is 2.34. The molecule has 2 heterocycles. The molecule has 1 aromatic heterocycles. The topological polar surface area (TPSA) is 41.0 Å². The van der Waals surface area contributed by atoms with E-state index in [4.69, 9.17) is 4.98 Å². The van der Waals surface area contributed by atoms with E-state index in [1.54, 1.807) is 0 Å². The Morgan fingerprint density at radius 1 is 1.13 bits per heavy atom. The average molecular weight is 310 g/mol. The minimum atomic E-state index is 0.0297. The smallest absolute Gasteiger partial charge is 0.135 e. The summed E-state index contributed by atoms with van der Waals surface area (Å²) in [6.07, 6.45) is 1.03. The van der Waals surface area contributed by atoms with E-state index in [-0.39, 0.29) is 5.54 Å². The predicted molar refractivity (Wildman–Crippen MR) is 96.1 cm³/mol. The van der Waals surface area contributed by atoms with Gasteiger partial charge in [0.1, 0.15) is 17.5 Å². The molecule has 0 bridgehead atoms. The van der Waals surface area contributed by atoms with Gasteiger partial charge in [-0.2, -0.15) is 0 Å². The Kier molecular flexibility index (Phi) is 4.00. The lowest BCUT2D eigenvalue weighted by atomic mass is 9.85. The number of hydrogen-bond acceptors (Lipinski definition) is 4. The molecule has 4 nitrogen and oxygen atoms in total. The second-order valence-corrected chi connectivity index (χ2v) is 7.22. The number of fused-ring (bicyclic) bond motifs is 1. The van der Waals surface area contributed by atoms with Gasteiger partial charge in [-0.3, -0.25) is 0 Å². The van der Waals surface area contributed by atoms with Crippen LogP contribution in [0, 0.1) is 0 Å². The Morgan fingerprint density at radius 3 is 2.48 bits per heavy atom. The van der Waals surface area contributed by atoms with Crippen molar-refractivity contribution in [2.45, 2.75) is 52.1 Å². The zero-order valence-electron chi connectivity index (χ0n) is 14.7. The van der Waals surface area contributed by atoms with E-state index in [1.165, 1.54) is 11.1 Å². The fourth-order valence-electron chi connectivity index (χ4n) is 3.20. The molecule has 1 aliphatic rings. The molecule has 0 aliphatic carbocycles. The van der Waals surface area contributed by atoms with Crippen molar-refractivity contribution in [2.75, 3.05) is 17.3 Å². The van der Waals surface area contributed by atoms with Crippen LogP contribution in [0.1, 0.15) is 50.6 Å². The molecule has 0 radical (unpaired) electrons. The molecule has 3 rings (SSSR count). The maximum Gasteiger partial charge on any atom is 0.135 e. The molecule has 23 heavy (non-hydrogen) atoms. The molecule has 1 aromatic carbocycles. The van der Waals surface area contributed by atoms with Gasteiger partial charge in [-0.25, -0.2) is 9.97 Å². The molecule has 0 spiro atoms. The summed E-state index contributed by atoms with van der Waals surface area (Å²) in [4.78, 5) is 11.8. The molecule has 0 saturated carbocycles. The lowest BCUT2D eigenvalue weighted by Crippen LogP contribution is -2.49. The molecule has 2 aromatic rings. The molecule has 0 atom stereocenters. The minimum Gasteiger partial charge on any atom is -0.373 e. The summed E-state index contributed by atoms with van der Waals surface area (Å²) in [6, 6.07) is 10.8. The van der Waals surface area contributed by atoms with Crippen molar-refractivity contribution in [3.63, 3.8) is 0 Å². The standard InChI is InChI=1S/C19H26N4/c1-13(2)18-21-16(20-5)10-17(22-18)23-12-15-9-7-6-8-14(15)11-19(23,3)4/h6-10,13H,11-12H2,1-5H3,(H,20,21,22). The van der Waals surface area contributed by atoms with Gasteiger partial charge in [-0.15, -0.1) is 0 Å². The van der Waals surface area contributed by atoms with Crippen molar-refractivity contribution in [2.24, 2.45) is 0 Å². The van der Waals surface area contributed by atoms with Gasteiger partial charge in [0.25, 0.3) is 0 Å². The first-order chi connectivity index (χ1) is 10.9. The van der Waals surface area contributed by atoms with Gasteiger partial charge in [0.15, 0.2) is 0 Å². The third-order valence-corrected chi connectivity index (χ3v) is 4.58. The van der Waals surface area contributed by atoms with E-state index >= 15 is 0 Å². The summed E-state index contributed by atoms with van der Waals surface area (Å²) >= 11 is 0. The van der Waals surface area contributed by atoms with E-state index in [1.807, 2.05) is 7.05 Å². The zero-order valence-corrected chi connectivity index (χ0v) is 14.7. The highest BCUT2D eigenvalue weighted by molar-refractivity contribution is 5.54. The Balaban J connectivity index is 2.05. The van der Waals surface area contributed by atoms with Crippen LogP contribution in [0.15, 0.2) is 30.3 Å². The van der Waals surface area contributed by atoms with Crippen molar-refractivity contribution in [1.29, 1.82) is 0 Å². The predicted octanol–water partition coefficient (Wildman–Crippen LogP) is 3.98. The number of nitrogens with zero attached hydrogens (tertiary/aromatic N) is 3. The van der Waals surface area contributed by atoms with Crippen LogP contribution >= 0.6 is 0 Å². The minimum absolute atomic E-state index is 0.0297. The average Bonchev–Trinajstić information content (AvgIpc) is 2.52. The fourth-order valence-corrected chi connectivity index (χ4v) is 3.20. The largest absolute Gasteiger partial charge is 0.373 e. The molecule has 0 fully saturated rings. The van der Waals surface area contributed by atoms with Crippen LogP contribution in [0.2, 0.25) is 0 Å². The highest BCUT2D eigenvalue weighted by Crippen LogP contribution is 2.35. The SMILES string of the molecule is CNc1cc(N2Cc3ccccc3CC2(C)C)nc(C(C)C)n1. The molecular formula is C19H26N4. The first kappa shape index (κ1) is 15.8. The van der Waals surface area contributed by atoms with Gasteiger partial charge in [0, 0.05) is 31.1 Å². The monoisotopic (exact) mass is 310 g/mol. The number of anilines is 2. The molecular weight excluding hydrogens is 284 g/mol. The lowest BCUT2D eigenvalue weighted by Gasteiger charge is -2.44. The molecule has 1 N–H and O–H groups in total. The number of hydrogen-bond donors (Lipinski definition) is 1. The Hall–Kier alpha value is -2.10. The van der Waals surface area contributed by atoms with Crippen molar-refractivity contribution >= 4 is 11.6 Å². The molecule has 0 saturated heterocycles. The zero-order chi connectivity index (χ0) is 16.6.